The SMILES string of the molecule is CCC(=O)CCCCCC(=O)OC(CC(=O)O)C[N+](C)(C)C. The predicted molar refractivity (Wildman–Crippen MR) is 83.4 cm³/mol. The van der Waals surface area contributed by atoms with E-state index < -0.39 is 12.1 Å². The number of quaternary nitrogens is 1. The van der Waals surface area contributed by atoms with E-state index in [1.54, 1.807) is 0 Å². The van der Waals surface area contributed by atoms with Crippen LogP contribution in [0.1, 0.15) is 51.9 Å². The maximum absolute atomic E-state index is 11.8. The minimum Gasteiger partial charge on any atom is -0.481 e. The Labute approximate surface area is 133 Å². The van der Waals surface area contributed by atoms with Gasteiger partial charge >= 0.3 is 11.9 Å². The predicted octanol–water partition coefficient (Wildman–Crippen LogP) is 2.01. The zero-order valence-corrected chi connectivity index (χ0v) is 14.3. The first-order valence-electron chi connectivity index (χ1n) is 7.87. The van der Waals surface area contributed by atoms with Crippen molar-refractivity contribution in [3.63, 3.8) is 0 Å². The normalized spacial score (nSPS) is 12.7. The molecule has 1 N–H and O–H groups in total. The highest BCUT2D eigenvalue weighted by Crippen LogP contribution is 2.10. The monoisotopic (exact) mass is 316 g/mol. The molecule has 0 radical (unpaired) electrons. The molecule has 0 aromatic carbocycles. The quantitative estimate of drug-likeness (QED) is 0.338. The molecular weight excluding hydrogens is 286 g/mol. The van der Waals surface area contributed by atoms with E-state index in [0.29, 0.717) is 30.3 Å². The first-order valence-corrected chi connectivity index (χ1v) is 7.87. The minimum atomic E-state index is -0.968. The molecule has 0 aliphatic carbocycles. The number of likely N-dealkylation sites (N-methyl/N-ethyl adjacent to an activating group) is 1. The number of unbranched alkanes of at least 4 members (excludes halogenated alkanes) is 2. The van der Waals surface area contributed by atoms with Crippen LogP contribution in [0, 0.1) is 0 Å². The Morgan fingerprint density at radius 3 is 2.14 bits per heavy atom. The maximum Gasteiger partial charge on any atom is 0.307 e. The number of nitrogens with zero attached hydrogens (tertiary/aromatic N) is 1. The number of carbonyl (C=O) groups excluding carboxylic acids is 2. The summed E-state index contributed by atoms with van der Waals surface area (Å²) in [6.07, 6.45) is 2.88. The molecule has 0 aromatic rings. The van der Waals surface area contributed by atoms with E-state index in [0.717, 1.165) is 12.8 Å². The van der Waals surface area contributed by atoms with Gasteiger partial charge in [0.05, 0.1) is 27.6 Å². The van der Waals surface area contributed by atoms with Gasteiger partial charge < -0.3 is 14.3 Å². The summed E-state index contributed by atoms with van der Waals surface area (Å²) in [4.78, 5) is 33.8. The summed E-state index contributed by atoms with van der Waals surface area (Å²) in [6.45, 7) is 2.30. The summed E-state index contributed by atoms with van der Waals surface area (Å²) < 4.78 is 5.82. The lowest BCUT2D eigenvalue weighted by Crippen LogP contribution is -2.43. The third-order valence-electron chi connectivity index (χ3n) is 3.18. The summed E-state index contributed by atoms with van der Waals surface area (Å²) in [5, 5.41) is 8.88. The largest absolute Gasteiger partial charge is 0.481 e. The standard InChI is InChI=1S/C16H29NO5/c1-5-13(18)9-7-6-8-10-16(21)22-14(11-15(19)20)12-17(2,3)4/h14H,5-12H2,1-4H3/p+1. The van der Waals surface area contributed by atoms with Gasteiger partial charge in [-0.05, 0) is 12.8 Å². The Hall–Kier alpha value is -1.43. The Morgan fingerprint density at radius 2 is 1.64 bits per heavy atom. The zero-order chi connectivity index (χ0) is 17.2. The Balaban J connectivity index is 4.07. The van der Waals surface area contributed by atoms with Crippen LogP contribution in [0.3, 0.4) is 0 Å². The lowest BCUT2D eigenvalue weighted by Gasteiger charge is -2.28. The molecule has 0 heterocycles. The van der Waals surface area contributed by atoms with Gasteiger partial charge in [0, 0.05) is 19.3 Å². The number of hydrogen-bond acceptors (Lipinski definition) is 4. The molecule has 1 atom stereocenters. The van der Waals surface area contributed by atoms with E-state index in [-0.39, 0.29) is 24.6 Å². The molecule has 0 saturated heterocycles. The number of esters is 1. The highest BCUT2D eigenvalue weighted by atomic mass is 16.5. The molecule has 0 fully saturated rings. The average Bonchev–Trinajstić information content (AvgIpc) is 2.34. The van der Waals surface area contributed by atoms with Crippen LogP contribution in [-0.4, -0.2) is 61.1 Å². The van der Waals surface area contributed by atoms with E-state index >= 15 is 0 Å². The third-order valence-corrected chi connectivity index (χ3v) is 3.18. The van der Waals surface area contributed by atoms with E-state index in [2.05, 4.69) is 0 Å². The molecule has 0 spiro atoms. The van der Waals surface area contributed by atoms with Crippen molar-refractivity contribution in [1.29, 1.82) is 0 Å². The van der Waals surface area contributed by atoms with Gasteiger partial charge in [-0.1, -0.05) is 13.3 Å². The Morgan fingerprint density at radius 1 is 1.05 bits per heavy atom. The number of carbonyl (C=O) groups is 3. The van der Waals surface area contributed by atoms with E-state index in [9.17, 15) is 14.4 Å². The molecule has 128 valence electrons. The summed E-state index contributed by atoms with van der Waals surface area (Å²) in [5.41, 5.74) is 0. The molecule has 6 nitrogen and oxygen atoms in total. The van der Waals surface area contributed by atoms with Crippen molar-refractivity contribution in [3.8, 4) is 0 Å². The number of ketones is 1. The summed E-state index contributed by atoms with van der Waals surface area (Å²) in [5.74, 6) is -1.09. The second-order valence-corrected chi connectivity index (χ2v) is 6.64. The molecule has 0 bridgehead atoms. The van der Waals surface area contributed by atoms with Crippen molar-refractivity contribution >= 4 is 17.7 Å². The highest BCUT2D eigenvalue weighted by molar-refractivity contribution is 5.77. The van der Waals surface area contributed by atoms with Crippen molar-refractivity contribution < 1.29 is 28.7 Å². The molecule has 1 unspecified atom stereocenters. The Bertz CT molecular complexity index is 373. The molecule has 0 rings (SSSR count). The van der Waals surface area contributed by atoms with Crippen LogP contribution in [0.25, 0.3) is 0 Å². The molecule has 0 aliphatic heterocycles. The number of hydrogen-bond donors (Lipinski definition) is 1. The van der Waals surface area contributed by atoms with Crippen molar-refractivity contribution in [2.24, 2.45) is 0 Å². The van der Waals surface area contributed by atoms with Crippen molar-refractivity contribution in [3.05, 3.63) is 0 Å². The van der Waals surface area contributed by atoms with Crippen LogP contribution in [0.2, 0.25) is 0 Å². The smallest absolute Gasteiger partial charge is 0.307 e. The summed E-state index contributed by atoms with van der Waals surface area (Å²) in [7, 11) is 5.77. The first kappa shape index (κ1) is 20.6. The molecule has 0 amide bonds. The van der Waals surface area contributed by atoms with Gasteiger partial charge in [-0.15, -0.1) is 0 Å². The lowest BCUT2D eigenvalue weighted by molar-refractivity contribution is -0.873. The van der Waals surface area contributed by atoms with Crippen LogP contribution in [0.5, 0.6) is 0 Å². The molecule has 0 saturated carbocycles. The molecule has 0 aliphatic rings. The number of aliphatic carboxylic acids is 1. The van der Waals surface area contributed by atoms with E-state index in [1.807, 2.05) is 28.1 Å². The lowest BCUT2D eigenvalue weighted by atomic mass is 10.1. The van der Waals surface area contributed by atoms with Crippen molar-refractivity contribution in [2.45, 2.75) is 58.0 Å². The van der Waals surface area contributed by atoms with Gasteiger partial charge in [-0.2, -0.15) is 0 Å². The minimum absolute atomic E-state index is 0.174. The Kier molecular flexibility index (Phi) is 9.65. The van der Waals surface area contributed by atoms with Crippen LogP contribution < -0.4 is 0 Å². The van der Waals surface area contributed by atoms with E-state index in [4.69, 9.17) is 9.84 Å². The number of Topliss-reactive ketones (excluding diaryl/α,β-unsaturated/α-hetero) is 1. The third kappa shape index (κ3) is 12.3. The van der Waals surface area contributed by atoms with Gasteiger partial charge in [-0.25, -0.2) is 0 Å². The molecular formula is C16H30NO5+. The van der Waals surface area contributed by atoms with E-state index in [1.165, 1.54) is 0 Å². The fourth-order valence-electron chi connectivity index (χ4n) is 2.14. The van der Waals surface area contributed by atoms with Gasteiger partial charge in [0.1, 0.15) is 12.3 Å². The molecule has 6 heteroatoms. The number of carboxylic acids is 1. The van der Waals surface area contributed by atoms with Crippen molar-refractivity contribution in [2.75, 3.05) is 27.7 Å². The van der Waals surface area contributed by atoms with Crippen LogP contribution >= 0.6 is 0 Å². The molecule has 22 heavy (non-hydrogen) atoms. The van der Waals surface area contributed by atoms with Crippen LogP contribution in [-0.2, 0) is 19.1 Å². The zero-order valence-electron chi connectivity index (χ0n) is 14.3. The first-order chi connectivity index (χ1) is 10.1. The summed E-state index contributed by atoms with van der Waals surface area (Å²) >= 11 is 0. The van der Waals surface area contributed by atoms with Crippen molar-refractivity contribution in [1.82, 2.24) is 0 Å². The van der Waals surface area contributed by atoms with Gasteiger partial charge in [0.25, 0.3) is 0 Å². The second-order valence-electron chi connectivity index (χ2n) is 6.64. The van der Waals surface area contributed by atoms with Crippen LogP contribution in [0.15, 0.2) is 0 Å². The van der Waals surface area contributed by atoms with Gasteiger partial charge in [0.2, 0.25) is 0 Å². The highest BCUT2D eigenvalue weighted by Gasteiger charge is 2.24. The average molecular weight is 316 g/mol. The summed E-state index contributed by atoms with van der Waals surface area (Å²) in [6, 6.07) is 0. The topological polar surface area (TPSA) is 80.7 Å². The fourth-order valence-corrected chi connectivity index (χ4v) is 2.14. The van der Waals surface area contributed by atoms with Crippen LogP contribution in [0.4, 0.5) is 0 Å². The van der Waals surface area contributed by atoms with Gasteiger partial charge in [-0.3, -0.25) is 14.4 Å². The number of rotatable bonds is 12. The fraction of sp³-hybridized carbons (Fsp3) is 0.812. The molecule has 0 aromatic heterocycles. The number of ether oxygens (including phenoxy) is 1. The second kappa shape index (κ2) is 10.3. The maximum atomic E-state index is 11.8. The number of carboxylic acid groups (broad SMARTS) is 1. The van der Waals surface area contributed by atoms with Gasteiger partial charge in [0.15, 0.2) is 6.10 Å².